The van der Waals surface area contributed by atoms with Gasteiger partial charge in [-0.3, -0.25) is 14.9 Å². The molecule has 4 rings (SSSR count). The van der Waals surface area contributed by atoms with E-state index in [9.17, 15) is 14.9 Å². The standard InChI is InChI=1S/C21H16N4O3/c1-15-20(21(26)24(22-15)16-7-3-2-4-8-16)14-18-11-6-12-23(18)17-9-5-10-19(13-17)25(27)28/h2-14H,1H3/b20-14-. The topological polar surface area (TPSA) is 80.7 Å². The number of non-ortho nitro benzene ring substituents is 1. The number of hydrogen-bond acceptors (Lipinski definition) is 4. The second-order valence-electron chi connectivity index (χ2n) is 6.28. The third-order valence-electron chi connectivity index (χ3n) is 4.45. The fourth-order valence-corrected chi connectivity index (χ4v) is 3.08. The summed E-state index contributed by atoms with van der Waals surface area (Å²) in [5, 5.41) is 16.8. The summed E-state index contributed by atoms with van der Waals surface area (Å²) >= 11 is 0. The number of para-hydroxylation sites is 1. The molecule has 28 heavy (non-hydrogen) atoms. The Morgan fingerprint density at radius 3 is 2.50 bits per heavy atom. The molecule has 0 atom stereocenters. The maximum Gasteiger partial charge on any atom is 0.280 e. The van der Waals surface area contributed by atoms with E-state index in [1.54, 1.807) is 35.9 Å². The van der Waals surface area contributed by atoms with Crippen LogP contribution in [-0.4, -0.2) is 21.1 Å². The van der Waals surface area contributed by atoms with Crippen LogP contribution in [0.5, 0.6) is 0 Å². The monoisotopic (exact) mass is 372 g/mol. The molecular formula is C21H16N4O3. The van der Waals surface area contributed by atoms with Gasteiger partial charge in [-0.2, -0.15) is 10.1 Å². The van der Waals surface area contributed by atoms with Crippen LogP contribution < -0.4 is 5.01 Å². The van der Waals surface area contributed by atoms with Gasteiger partial charge in [-0.1, -0.05) is 24.3 Å². The molecule has 0 radical (unpaired) electrons. The molecule has 0 N–H and O–H groups in total. The number of amides is 1. The minimum absolute atomic E-state index is 0.00902. The summed E-state index contributed by atoms with van der Waals surface area (Å²) < 4.78 is 1.80. The minimum Gasteiger partial charge on any atom is -0.317 e. The summed E-state index contributed by atoms with van der Waals surface area (Å²) in [6.45, 7) is 1.79. The van der Waals surface area contributed by atoms with Gasteiger partial charge in [0.2, 0.25) is 0 Å². The van der Waals surface area contributed by atoms with Crippen molar-refractivity contribution < 1.29 is 9.72 Å². The molecule has 138 valence electrons. The first kappa shape index (κ1) is 17.4. The zero-order valence-electron chi connectivity index (χ0n) is 15.0. The zero-order chi connectivity index (χ0) is 19.7. The number of hydrogen-bond donors (Lipinski definition) is 0. The Bertz CT molecular complexity index is 1130. The number of hydrazone groups is 1. The molecule has 0 bridgehead atoms. The van der Waals surface area contributed by atoms with Gasteiger partial charge in [-0.25, -0.2) is 0 Å². The summed E-state index contributed by atoms with van der Waals surface area (Å²) in [5.74, 6) is -0.213. The molecule has 0 saturated heterocycles. The second-order valence-corrected chi connectivity index (χ2v) is 6.28. The van der Waals surface area contributed by atoms with E-state index < -0.39 is 4.92 Å². The van der Waals surface area contributed by atoms with Crippen molar-refractivity contribution in [1.29, 1.82) is 0 Å². The molecule has 0 fully saturated rings. The van der Waals surface area contributed by atoms with Crippen molar-refractivity contribution in [3.05, 3.63) is 94.3 Å². The fourth-order valence-electron chi connectivity index (χ4n) is 3.08. The molecule has 7 heteroatoms. The van der Waals surface area contributed by atoms with E-state index in [0.29, 0.717) is 22.7 Å². The summed E-state index contributed by atoms with van der Waals surface area (Å²) in [4.78, 5) is 23.5. The molecule has 2 heterocycles. The van der Waals surface area contributed by atoms with Gasteiger partial charge in [0.05, 0.1) is 27.6 Å². The molecule has 1 aliphatic rings. The molecule has 1 aliphatic heterocycles. The summed E-state index contributed by atoms with van der Waals surface area (Å²) in [6, 6.07) is 19.2. The molecular weight excluding hydrogens is 356 g/mol. The molecule has 7 nitrogen and oxygen atoms in total. The van der Waals surface area contributed by atoms with Crippen LogP contribution in [0.2, 0.25) is 0 Å². The highest BCUT2D eigenvalue weighted by Crippen LogP contribution is 2.26. The third kappa shape index (κ3) is 3.09. The molecule has 0 spiro atoms. The maximum absolute atomic E-state index is 12.9. The summed E-state index contributed by atoms with van der Waals surface area (Å²) in [6.07, 6.45) is 3.55. The number of nitro groups is 1. The van der Waals surface area contributed by atoms with Gasteiger partial charge in [0.25, 0.3) is 11.6 Å². The van der Waals surface area contributed by atoms with Gasteiger partial charge >= 0.3 is 0 Å². The molecule has 3 aromatic rings. The van der Waals surface area contributed by atoms with Gasteiger partial charge in [-0.15, -0.1) is 0 Å². The number of carbonyl (C=O) groups is 1. The molecule has 2 aromatic carbocycles. The van der Waals surface area contributed by atoms with E-state index in [4.69, 9.17) is 0 Å². The van der Waals surface area contributed by atoms with Crippen molar-refractivity contribution in [2.24, 2.45) is 5.10 Å². The van der Waals surface area contributed by atoms with Gasteiger partial charge in [0.15, 0.2) is 0 Å². The molecule has 1 aromatic heterocycles. The Balaban J connectivity index is 1.71. The lowest BCUT2D eigenvalue weighted by Crippen LogP contribution is -2.21. The van der Waals surface area contributed by atoms with Crippen LogP contribution in [0.25, 0.3) is 11.8 Å². The van der Waals surface area contributed by atoms with E-state index in [-0.39, 0.29) is 11.6 Å². The van der Waals surface area contributed by atoms with E-state index in [2.05, 4.69) is 5.10 Å². The molecule has 0 saturated carbocycles. The highest BCUT2D eigenvalue weighted by Gasteiger charge is 2.28. The van der Waals surface area contributed by atoms with Crippen molar-refractivity contribution in [3.8, 4) is 5.69 Å². The average molecular weight is 372 g/mol. The first-order valence-electron chi connectivity index (χ1n) is 8.63. The van der Waals surface area contributed by atoms with Crippen molar-refractivity contribution in [1.82, 2.24) is 4.57 Å². The number of nitro benzene ring substituents is 1. The Kier molecular flexibility index (Phi) is 4.33. The van der Waals surface area contributed by atoms with Crippen LogP contribution in [0.15, 0.2) is 83.6 Å². The highest BCUT2D eigenvalue weighted by atomic mass is 16.6. The fraction of sp³-hybridized carbons (Fsp3) is 0.0476. The third-order valence-corrected chi connectivity index (χ3v) is 4.45. The lowest BCUT2D eigenvalue weighted by atomic mass is 10.1. The van der Waals surface area contributed by atoms with E-state index >= 15 is 0 Å². The van der Waals surface area contributed by atoms with Crippen molar-refractivity contribution in [2.45, 2.75) is 6.92 Å². The lowest BCUT2D eigenvalue weighted by Gasteiger charge is -2.11. The van der Waals surface area contributed by atoms with Gasteiger partial charge < -0.3 is 4.57 Å². The Labute approximate surface area is 161 Å². The second kappa shape index (κ2) is 6.96. The van der Waals surface area contributed by atoms with Crippen LogP contribution in [0.3, 0.4) is 0 Å². The largest absolute Gasteiger partial charge is 0.317 e. The normalized spacial score (nSPS) is 15.2. The molecule has 0 aliphatic carbocycles. The van der Waals surface area contributed by atoms with Gasteiger partial charge in [0, 0.05) is 24.0 Å². The first-order valence-corrected chi connectivity index (χ1v) is 8.63. The smallest absolute Gasteiger partial charge is 0.280 e. The van der Waals surface area contributed by atoms with E-state index in [1.807, 2.05) is 42.5 Å². The molecule has 1 amide bonds. The predicted octanol–water partition coefficient (Wildman–Crippen LogP) is 4.19. The average Bonchev–Trinajstić information content (AvgIpc) is 3.29. The zero-order valence-corrected chi connectivity index (χ0v) is 15.0. The minimum atomic E-state index is -0.430. The van der Waals surface area contributed by atoms with E-state index in [0.717, 1.165) is 5.69 Å². The van der Waals surface area contributed by atoms with Gasteiger partial charge in [-0.05, 0) is 43.3 Å². The Morgan fingerprint density at radius 2 is 1.75 bits per heavy atom. The number of nitrogens with zero attached hydrogens (tertiary/aromatic N) is 4. The number of benzene rings is 2. The van der Waals surface area contributed by atoms with Crippen molar-refractivity contribution >= 4 is 29.1 Å². The number of rotatable bonds is 4. The lowest BCUT2D eigenvalue weighted by molar-refractivity contribution is -0.384. The van der Waals surface area contributed by atoms with Crippen LogP contribution in [-0.2, 0) is 4.79 Å². The van der Waals surface area contributed by atoms with Crippen molar-refractivity contribution in [3.63, 3.8) is 0 Å². The van der Waals surface area contributed by atoms with Crippen molar-refractivity contribution in [2.75, 3.05) is 5.01 Å². The van der Waals surface area contributed by atoms with Gasteiger partial charge in [0.1, 0.15) is 0 Å². The number of carbonyl (C=O) groups excluding carboxylic acids is 1. The number of anilines is 1. The van der Waals surface area contributed by atoms with Crippen LogP contribution in [0.1, 0.15) is 12.6 Å². The quantitative estimate of drug-likeness (QED) is 0.391. The number of aromatic nitrogens is 1. The van der Waals surface area contributed by atoms with E-state index in [1.165, 1.54) is 17.1 Å². The van der Waals surface area contributed by atoms with Crippen LogP contribution in [0.4, 0.5) is 11.4 Å². The SMILES string of the molecule is CC1=NN(c2ccccc2)C(=O)/C1=C\c1cccn1-c1cccc([N+](=O)[O-])c1. The first-order chi connectivity index (χ1) is 13.5. The van der Waals surface area contributed by atoms with Crippen LogP contribution >= 0.6 is 0 Å². The Hall–Kier alpha value is -4.00. The van der Waals surface area contributed by atoms with Crippen LogP contribution in [0, 0.1) is 10.1 Å². The highest BCUT2D eigenvalue weighted by molar-refractivity contribution is 6.32. The Morgan fingerprint density at radius 1 is 1.00 bits per heavy atom. The maximum atomic E-state index is 12.9. The summed E-state index contributed by atoms with van der Waals surface area (Å²) in [7, 11) is 0. The molecule has 0 unspecified atom stereocenters. The summed E-state index contributed by atoms with van der Waals surface area (Å²) in [5.41, 5.74) is 3.17. The predicted molar refractivity (Wildman–Crippen MR) is 107 cm³/mol.